The van der Waals surface area contributed by atoms with Crippen LogP contribution >= 0.6 is 11.6 Å². The van der Waals surface area contributed by atoms with Gasteiger partial charge in [-0.05, 0) is 17.7 Å². The molecular formula is C19H17ClN4O2. The number of hydrogen-bond acceptors (Lipinski definition) is 4. The molecule has 0 spiro atoms. The fourth-order valence-corrected chi connectivity index (χ4v) is 2.54. The van der Waals surface area contributed by atoms with E-state index in [2.05, 4.69) is 20.4 Å². The summed E-state index contributed by atoms with van der Waals surface area (Å²) < 4.78 is 6.33. The highest BCUT2D eigenvalue weighted by Gasteiger charge is 2.10. The summed E-state index contributed by atoms with van der Waals surface area (Å²) in [4.78, 5) is 11.2. The van der Waals surface area contributed by atoms with Crippen molar-refractivity contribution in [3.63, 3.8) is 0 Å². The van der Waals surface area contributed by atoms with Crippen molar-refractivity contribution >= 4 is 23.9 Å². The van der Waals surface area contributed by atoms with E-state index in [9.17, 15) is 4.79 Å². The van der Waals surface area contributed by atoms with Gasteiger partial charge in [0.2, 0.25) is 0 Å². The number of nitrogens with zero attached hydrogens (tertiary/aromatic N) is 3. The molecule has 26 heavy (non-hydrogen) atoms. The Balaban J connectivity index is 1.91. The third kappa shape index (κ3) is 4.49. The fraction of sp³-hybridized carbons (Fsp3) is 0.105. The number of carbonyl (C=O) groups excluding carboxylic acids is 1. The lowest BCUT2D eigenvalue weighted by Gasteiger charge is -2.01. The van der Waals surface area contributed by atoms with Gasteiger partial charge < -0.3 is 4.74 Å². The summed E-state index contributed by atoms with van der Waals surface area (Å²) in [6, 6.07) is 17.4. The van der Waals surface area contributed by atoms with Gasteiger partial charge in [-0.2, -0.15) is 10.2 Å². The lowest BCUT2D eigenvalue weighted by molar-refractivity contribution is 0.171. The van der Waals surface area contributed by atoms with E-state index < -0.39 is 6.09 Å². The van der Waals surface area contributed by atoms with Gasteiger partial charge in [0, 0.05) is 22.3 Å². The van der Waals surface area contributed by atoms with Gasteiger partial charge in [-0.25, -0.2) is 10.2 Å². The van der Waals surface area contributed by atoms with E-state index in [0.717, 1.165) is 22.4 Å². The molecule has 1 N–H and O–H groups in total. The molecule has 0 radical (unpaired) electrons. The van der Waals surface area contributed by atoms with Gasteiger partial charge >= 0.3 is 6.09 Å². The Labute approximate surface area is 156 Å². The molecule has 0 saturated carbocycles. The lowest BCUT2D eigenvalue weighted by Crippen LogP contribution is -2.16. The van der Waals surface area contributed by atoms with Crippen molar-refractivity contribution in [3.05, 3.63) is 76.9 Å². The number of hydrogen-bond donors (Lipinski definition) is 1. The Morgan fingerprint density at radius 2 is 1.96 bits per heavy atom. The first-order valence-electron chi connectivity index (χ1n) is 7.90. The molecule has 6 nitrogen and oxygen atoms in total. The largest absolute Gasteiger partial charge is 0.452 e. The van der Waals surface area contributed by atoms with E-state index in [0.29, 0.717) is 11.6 Å². The van der Waals surface area contributed by atoms with Crippen LogP contribution in [0.5, 0.6) is 0 Å². The number of carbonyl (C=O) groups is 1. The number of amides is 1. The van der Waals surface area contributed by atoms with Crippen molar-refractivity contribution in [1.29, 1.82) is 0 Å². The maximum atomic E-state index is 11.2. The smallest absolute Gasteiger partial charge is 0.427 e. The van der Waals surface area contributed by atoms with Gasteiger partial charge in [-0.3, -0.25) is 4.68 Å². The van der Waals surface area contributed by atoms with E-state index in [1.165, 1.54) is 13.3 Å². The third-order valence-electron chi connectivity index (χ3n) is 3.64. The summed E-state index contributed by atoms with van der Waals surface area (Å²) in [5.74, 6) is 0. The van der Waals surface area contributed by atoms with Crippen molar-refractivity contribution in [2.45, 2.75) is 6.54 Å². The van der Waals surface area contributed by atoms with Crippen LogP contribution in [0.4, 0.5) is 4.79 Å². The minimum absolute atomic E-state index is 0.625. The van der Waals surface area contributed by atoms with Crippen LogP contribution in [0.2, 0.25) is 5.02 Å². The highest BCUT2D eigenvalue weighted by Crippen LogP contribution is 2.23. The minimum atomic E-state index is -0.633. The van der Waals surface area contributed by atoms with E-state index >= 15 is 0 Å². The molecule has 0 aliphatic carbocycles. The predicted molar refractivity (Wildman–Crippen MR) is 101 cm³/mol. The third-order valence-corrected chi connectivity index (χ3v) is 3.89. The maximum absolute atomic E-state index is 11.2. The lowest BCUT2D eigenvalue weighted by atomic mass is 10.1. The first kappa shape index (κ1) is 17.7. The van der Waals surface area contributed by atoms with Crippen LogP contribution in [0.3, 0.4) is 0 Å². The SMILES string of the molecule is COC(=O)N/N=C\c1cn(Cc2ccccc2)nc1-c1ccc(Cl)cc1. The molecule has 3 rings (SSSR count). The van der Waals surface area contributed by atoms with Gasteiger partial charge in [0.1, 0.15) is 5.69 Å². The summed E-state index contributed by atoms with van der Waals surface area (Å²) in [5.41, 5.74) is 5.82. The van der Waals surface area contributed by atoms with Crippen molar-refractivity contribution in [2.24, 2.45) is 5.10 Å². The molecule has 0 atom stereocenters. The molecule has 2 aromatic carbocycles. The van der Waals surface area contributed by atoms with Gasteiger partial charge in [0.05, 0.1) is 19.9 Å². The standard InChI is InChI=1S/C19H17ClN4O2/c1-26-19(25)22-21-11-16-13-24(12-14-5-3-2-4-6-14)23-18(16)15-7-9-17(20)10-8-15/h2-11,13H,12H2,1H3,(H,22,25)/b21-11-. The van der Waals surface area contributed by atoms with Crippen LogP contribution < -0.4 is 5.43 Å². The number of ether oxygens (including phenoxy) is 1. The molecular weight excluding hydrogens is 352 g/mol. The molecule has 7 heteroatoms. The summed E-state index contributed by atoms with van der Waals surface area (Å²) >= 11 is 5.97. The quantitative estimate of drug-likeness (QED) is 0.547. The maximum Gasteiger partial charge on any atom is 0.427 e. The first-order valence-corrected chi connectivity index (χ1v) is 8.28. The van der Waals surface area contributed by atoms with Gasteiger partial charge in [0.25, 0.3) is 0 Å². The summed E-state index contributed by atoms with van der Waals surface area (Å²) in [6.07, 6.45) is 2.78. The zero-order valence-electron chi connectivity index (χ0n) is 14.1. The molecule has 0 fully saturated rings. The molecule has 0 saturated heterocycles. The topological polar surface area (TPSA) is 68.5 Å². The molecule has 0 bridgehead atoms. The van der Waals surface area contributed by atoms with Gasteiger partial charge in [-0.1, -0.05) is 54.1 Å². The Morgan fingerprint density at radius 3 is 2.65 bits per heavy atom. The normalized spacial score (nSPS) is 10.8. The summed E-state index contributed by atoms with van der Waals surface area (Å²) in [7, 11) is 1.28. The highest BCUT2D eigenvalue weighted by atomic mass is 35.5. The van der Waals surface area contributed by atoms with Crippen LogP contribution in [-0.4, -0.2) is 29.2 Å². The molecule has 3 aromatic rings. The van der Waals surface area contributed by atoms with E-state index in [-0.39, 0.29) is 0 Å². The Morgan fingerprint density at radius 1 is 1.23 bits per heavy atom. The Bertz CT molecular complexity index is 905. The molecule has 0 unspecified atom stereocenters. The number of benzene rings is 2. The molecule has 0 aliphatic rings. The van der Waals surface area contributed by atoms with Crippen LogP contribution in [0, 0.1) is 0 Å². The number of aromatic nitrogens is 2. The van der Waals surface area contributed by atoms with Crippen LogP contribution in [-0.2, 0) is 11.3 Å². The van der Waals surface area contributed by atoms with Crippen LogP contribution in [0.25, 0.3) is 11.3 Å². The number of methoxy groups -OCH3 is 1. The number of nitrogens with one attached hydrogen (secondary N) is 1. The van der Waals surface area contributed by atoms with Gasteiger partial charge in [0.15, 0.2) is 0 Å². The zero-order valence-corrected chi connectivity index (χ0v) is 14.8. The molecule has 1 heterocycles. The summed E-state index contributed by atoms with van der Waals surface area (Å²) in [6.45, 7) is 0.625. The Kier molecular flexibility index (Phi) is 5.66. The van der Waals surface area contributed by atoms with Crippen LogP contribution in [0.1, 0.15) is 11.1 Å². The predicted octanol–water partition coefficient (Wildman–Crippen LogP) is 3.94. The van der Waals surface area contributed by atoms with E-state index in [1.807, 2.05) is 53.3 Å². The summed E-state index contributed by atoms with van der Waals surface area (Å²) in [5, 5.41) is 9.22. The molecule has 0 aliphatic heterocycles. The number of halogens is 1. The average Bonchev–Trinajstić information content (AvgIpc) is 3.05. The van der Waals surface area contributed by atoms with E-state index in [1.54, 1.807) is 12.1 Å². The van der Waals surface area contributed by atoms with Gasteiger partial charge in [-0.15, -0.1) is 0 Å². The highest BCUT2D eigenvalue weighted by molar-refractivity contribution is 6.30. The van der Waals surface area contributed by atoms with Crippen molar-refractivity contribution in [2.75, 3.05) is 7.11 Å². The minimum Gasteiger partial charge on any atom is -0.452 e. The second kappa shape index (κ2) is 8.31. The van der Waals surface area contributed by atoms with Crippen molar-refractivity contribution < 1.29 is 9.53 Å². The molecule has 132 valence electrons. The first-order chi connectivity index (χ1) is 12.7. The second-order valence-electron chi connectivity index (χ2n) is 5.48. The molecule has 1 amide bonds. The monoisotopic (exact) mass is 368 g/mol. The Hall–Kier alpha value is -3.12. The zero-order chi connectivity index (χ0) is 18.4. The number of hydrazone groups is 1. The van der Waals surface area contributed by atoms with Crippen LogP contribution in [0.15, 0.2) is 65.9 Å². The van der Waals surface area contributed by atoms with E-state index in [4.69, 9.17) is 11.6 Å². The fourth-order valence-electron chi connectivity index (χ4n) is 2.42. The second-order valence-corrected chi connectivity index (χ2v) is 5.92. The van der Waals surface area contributed by atoms with Crippen molar-refractivity contribution in [1.82, 2.24) is 15.2 Å². The van der Waals surface area contributed by atoms with Crippen molar-refractivity contribution in [3.8, 4) is 11.3 Å². The average molecular weight is 369 g/mol. The number of rotatable bonds is 5. The molecule has 1 aromatic heterocycles.